The van der Waals surface area contributed by atoms with Gasteiger partial charge in [-0.25, -0.2) is 0 Å². The van der Waals surface area contributed by atoms with Gasteiger partial charge < -0.3 is 5.11 Å². The minimum absolute atomic E-state index is 0.160. The van der Waals surface area contributed by atoms with E-state index in [0.29, 0.717) is 27.0 Å². The third-order valence-electron chi connectivity index (χ3n) is 3.68. The first-order valence-electron chi connectivity index (χ1n) is 7.16. The summed E-state index contributed by atoms with van der Waals surface area (Å²) in [6, 6.07) is 16.1. The number of nitriles is 1. The Morgan fingerprint density at radius 3 is 2.46 bits per heavy atom. The normalized spacial score (nSPS) is 10.4. The highest BCUT2D eigenvalue weighted by Gasteiger charge is 2.14. The first kappa shape index (κ1) is 16.3. The van der Waals surface area contributed by atoms with Crippen LogP contribution in [0.3, 0.4) is 0 Å². The molecule has 0 radical (unpaired) electrons. The predicted octanol–water partition coefficient (Wildman–Crippen LogP) is 5.61. The van der Waals surface area contributed by atoms with Gasteiger partial charge in [-0.2, -0.15) is 5.26 Å². The zero-order chi connectivity index (χ0) is 17.3. The molecule has 1 N–H and O–H groups in total. The summed E-state index contributed by atoms with van der Waals surface area (Å²) in [7, 11) is 0. The summed E-state index contributed by atoms with van der Waals surface area (Å²) in [5.41, 5.74) is 4.04. The van der Waals surface area contributed by atoms with Gasteiger partial charge >= 0.3 is 0 Å². The molecule has 0 saturated carbocycles. The van der Waals surface area contributed by atoms with Crippen LogP contribution >= 0.6 is 23.2 Å². The summed E-state index contributed by atoms with van der Waals surface area (Å²) in [4.78, 5) is 4.49. The van der Waals surface area contributed by atoms with Crippen LogP contribution in [-0.2, 0) is 0 Å². The zero-order valence-corrected chi connectivity index (χ0v) is 14.2. The fourth-order valence-corrected chi connectivity index (χ4v) is 2.82. The van der Waals surface area contributed by atoms with E-state index in [9.17, 15) is 10.4 Å². The van der Waals surface area contributed by atoms with Crippen LogP contribution in [0.15, 0.2) is 48.5 Å². The van der Waals surface area contributed by atoms with Crippen molar-refractivity contribution in [1.29, 1.82) is 5.26 Å². The number of aromatic nitrogens is 1. The van der Waals surface area contributed by atoms with Crippen molar-refractivity contribution in [3.05, 3.63) is 69.8 Å². The van der Waals surface area contributed by atoms with Gasteiger partial charge in [0.2, 0.25) is 0 Å². The van der Waals surface area contributed by atoms with Crippen LogP contribution in [0.4, 0.5) is 0 Å². The highest BCUT2D eigenvalue weighted by atomic mass is 35.5. The number of hydrogen-bond acceptors (Lipinski definition) is 3. The Morgan fingerprint density at radius 1 is 1.00 bits per heavy atom. The fourth-order valence-electron chi connectivity index (χ4n) is 2.52. The van der Waals surface area contributed by atoms with E-state index in [4.69, 9.17) is 23.2 Å². The van der Waals surface area contributed by atoms with Crippen molar-refractivity contribution in [2.45, 2.75) is 6.92 Å². The lowest BCUT2D eigenvalue weighted by molar-refractivity contribution is 0.475. The number of phenols is 1. The number of phenolic OH excluding ortho intramolecular Hbond substituents is 1. The molecule has 1 aromatic heterocycles. The highest BCUT2D eigenvalue weighted by molar-refractivity contribution is 6.42. The number of pyridine rings is 1. The van der Waals surface area contributed by atoms with Crippen molar-refractivity contribution in [3.8, 4) is 34.2 Å². The average molecular weight is 355 g/mol. The molecule has 0 saturated heterocycles. The van der Waals surface area contributed by atoms with Crippen molar-refractivity contribution in [2.24, 2.45) is 0 Å². The molecule has 0 unspecified atom stereocenters. The predicted molar refractivity (Wildman–Crippen MR) is 96.2 cm³/mol. The van der Waals surface area contributed by atoms with Gasteiger partial charge in [0.1, 0.15) is 11.8 Å². The second-order valence-corrected chi connectivity index (χ2v) is 6.12. The van der Waals surface area contributed by atoms with Crippen LogP contribution in [0.25, 0.3) is 22.4 Å². The molecule has 0 amide bonds. The molecule has 0 aliphatic heterocycles. The van der Waals surface area contributed by atoms with Crippen LogP contribution in [0.2, 0.25) is 10.0 Å². The second kappa shape index (κ2) is 6.52. The molecule has 0 spiro atoms. The quantitative estimate of drug-likeness (QED) is 0.650. The number of hydrogen-bond donors (Lipinski definition) is 1. The molecular weight excluding hydrogens is 343 g/mol. The molecule has 0 bridgehead atoms. The van der Waals surface area contributed by atoms with Gasteiger partial charge in [0, 0.05) is 11.1 Å². The molecule has 5 heteroatoms. The summed E-state index contributed by atoms with van der Waals surface area (Å²) in [5.74, 6) is 0.160. The number of nitrogens with zero attached hydrogens (tertiary/aromatic N) is 2. The van der Waals surface area contributed by atoms with E-state index in [0.717, 1.165) is 16.7 Å². The molecule has 2 aromatic carbocycles. The van der Waals surface area contributed by atoms with Crippen molar-refractivity contribution < 1.29 is 5.11 Å². The van der Waals surface area contributed by atoms with E-state index in [2.05, 4.69) is 11.1 Å². The first-order chi connectivity index (χ1) is 11.5. The van der Waals surface area contributed by atoms with Gasteiger partial charge in [-0.05, 0) is 42.8 Å². The molecule has 0 fully saturated rings. The Balaban J connectivity index is 2.24. The molecular formula is C19H12Cl2N2O. The fraction of sp³-hybridized carbons (Fsp3) is 0.0526. The van der Waals surface area contributed by atoms with Crippen molar-refractivity contribution in [3.63, 3.8) is 0 Å². The summed E-state index contributed by atoms with van der Waals surface area (Å²) in [6.45, 7) is 1.78. The molecule has 3 rings (SSSR count). The Kier molecular flexibility index (Phi) is 4.44. The number of halogens is 2. The van der Waals surface area contributed by atoms with Crippen LogP contribution in [-0.4, -0.2) is 10.1 Å². The van der Waals surface area contributed by atoms with Crippen LogP contribution in [0.1, 0.15) is 11.3 Å². The van der Waals surface area contributed by atoms with Crippen molar-refractivity contribution in [2.75, 3.05) is 0 Å². The summed E-state index contributed by atoms with van der Waals surface area (Å²) in [6.07, 6.45) is 0. The average Bonchev–Trinajstić information content (AvgIpc) is 2.56. The lowest BCUT2D eigenvalue weighted by atomic mass is 9.97. The standard InChI is InChI=1S/C19H12Cl2N2O/c1-11-16(10-22)15(12-5-6-17(20)18(21)8-12)9-19(23-11)13-3-2-4-14(24)7-13/h2-9,24H,1H3. The molecule has 0 aliphatic rings. The Bertz CT molecular complexity index is 978. The summed E-state index contributed by atoms with van der Waals surface area (Å²) >= 11 is 12.1. The Hall–Kier alpha value is -2.54. The lowest BCUT2D eigenvalue weighted by Crippen LogP contribution is -1.96. The van der Waals surface area contributed by atoms with Gasteiger partial charge in [0.05, 0.1) is 27.0 Å². The van der Waals surface area contributed by atoms with Gasteiger partial charge in [0.15, 0.2) is 0 Å². The number of rotatable bonds is 2. The van der Waals surface area contributed by atoms with Gasteiger partial charge in [-0.3, -0.25) is 4.98 Å². The van der Waals surface area contributed by atoms with E-state index in [-0.39, 0.29) is 5.75 Å². The second-order valence-electron chi connectivity index (χ2n) is 5.31. The summed E-state index contributed by atoms with van der Waals surface area (Å²) in [5, 5.41) is 20.1. The van der Waals surface area contributed by atoms with E-state index in [1.807, 2.05) is 18.2 Å². The monoisotopic (exact) mass is 354 g/mol. The number of aromatic hydroxyl groups is 1. The molecule has 0 atom stereocenters. The van der Waals surface area contributed by atoms with Crippen molar-refractivity contribution in [1.82, 2.24) is 4.98 Å². The maximum absolute atomic E-state index is 9.69. The van der Waals surface area contributed by atoms with Gasteiger partial charge in [-0.1, -0.05) is 41.4 Å². The maximum atomic E-state index is 9.69. The molecule has 24 heavy (non-hydrogen) atoms. The van der Waals surface area contributed by atoms with E-state index in [1.54, 1.807) is 37.3 Å². The summed E-state index contributed by atoms with van der Waals surface area (Å²) < 4.78 is 0. The topological polar surface area (TPSA) is 56.9 Å². The van der Waals surface area contributed by atoms with Crippen LogP contribution in [0, 0.1) is 18.3 Å². The molecule has 0 aliphatic carbocycles. The SMILES string of the molecule is Cc1nc(-c2cccc(O)c2)cc(-c2ccc(Cl)c(Cl)c2)c1C#N. The smallest absolute Gasteiger partial charge is 0.116 e. The minimum Gasteiger partial charge on any atom is -0.508 e. The minimum atomic E-state index is 0.160. The van der Waals surface area contributed by atoms with Gasteiger partial charge in [-0.15, -0.1) is 0 Å². The number of aryl methyl sites for hydroxylation is 1. The lowest BCUT2D eigenvalue weighted by Gasteiger charge is -2.11. The van der Waals surface area contributed by atoms with E-state index in [1.165, 1.54) is 0 Å². The third kappa shape index (κ3) is 3.07. The van der Waals surface area contributed by atoms with E-state index >= 15 is 0 Å². The highest BCUT2D eigenvalue weighted by Crippen LogP contribution is 2.34. The largest absolute Gasteiger partial charge is 0.508 e. The van der Waals surface area contributed by atoms with E-state index < -0.39 is 0 Å². The Morgan fingerprint density at radius 2 is 1.79 bits per heavy atom. The Labute approximate surface area is 149 Å². The van der Waals surface area contributed by atoms with Gasteiger partial charge in [0.25, 0.3) is 0 Å². The van der Waals surface area contributed by atoms with Crippen LogP contribution < -0.4 is 0 Å². The van der Waals surface area contributed by atoms with Crippen molar-refractivity contribution >= 4 is 23.2 Å². The molecule has 3 nitrogen and oxygen atoms in total. The third-order valence-corrected chi connectivity index (χ3v) is 4.42. The first-order valence-corrected chi connectivity index (χ1v) is 7.92. The number of benzene rings is 2. The zero-order valence-electron chi connectivity index (χ0n) is 12.7. The molecule has 118 valence electrons. The molecule has 3 aromatic rings. The maximum Gasteiger partial charge on any atom is 0.116 e. The molecule has 1 heterocycles. The van der Waals surface area contributed by atoms with Crippen LogP contribution in [0.5, 0.6) is 5.75 Å².